The van der Waals surface area contributed by atoms with E-state index in [1.54, 1.807) is 31.2 Å². The first-order valence-corrected chi connectivity index (χ1v) is 9.46. The number of rotatable bonds is 2. The quantitative estimate of drug-likeness (QED) is 0.825. The van der Waals surface area contributed by atoms with Gasteiger partial charge in [0.15, 0.2) is 0 Å². The zero-order chi connectivity index (χ0) is 17.8. The summed E-state index contributed by atoms with van der Waals surface area (Å²) in [7, 11) is -3.77. The van der Waals surface area contributed by atoms with Crippen molar-refractivity contribution in [1.29, 1.82) is 0 Å². The molecule has 0 aliphatic carbocycles. The van der Waals surface area contributed by atoms with E-state index < -0.39 is 39.0 Å². The van der Waals surface area contributed by atoms with Gasteiger partial charge in [0.2, 0.25) is 15.9 Å². The lowest BCUT2D eigenvalue weighted by atomic mass is 9.97. The Balaban J connectivity index is 1.64. The van der Waals surface area contributed by atoms with Gasteiger partial charge in [0.25, 0.3) is 0 Å². The molecule has 2 aromatic carbocycles. The van der Waals surface area contributed by atoms with Gasteiger partial charge in [-0.15, -0.1) is 0 Å². The highest BCUT2D eigenvalue weighted by molar-refractivity contribution is 7.91. The van der Waals surface area contributed by atoms with Gasteiger partial charge < -0.3 is 4.74 Å². The molecule has 1 amide bonds. The zero-order valence-electron chi connectivity index (χ0n) is 13.4. The van der Waals surface area contributed by atoms with E-state index in [1.807, 2.05) is 0 Å². The predicted octanol–water partition coefficient (Wildman–Crippen LogP) is 2.60. The summed E-state index contributed by atoms with van der Waals surface area (Å²) < 4.78 is 45.2. The van der Waals surface area contributed by atoms with Crippen LogP contribution in [-0.2, 0) is 14.8 Å². The molecule has 2 heterocycles. The SMILES string of the molecule is C[C@H](C(=O)N1C2COc3ccccc3C2S1(=O)=O)c1ccc(F)cc1. The van der Waals surface area contributed by atoms with Crippen molar-refractivity contribution in [3.63, 3.8) is 0 Å². The van der Waals surface area contributed by atoms with Gasteiger partial charge in [-0.1, -0.05) is 30.3 Å². The van der Waals surface area contributed by atoms with E-state index in [1.165, 1.54) is 24.3 Å². The van der Waals surface area contributed by atoms with Gasteiger partial charge in [0.05, 0.1) is 5.92 Å². The highest BCUT2D eigenvalue weighted by Crippen LogP contribution is 2.49. The number of sulfonamides is 1. The van der Waals surface area contributed by atoms with Crippen molar-refractivity contribution < 1.29 is 22.3 Å². The second-order valence-electron chi connectivity index (χ2n) is 6.29. The second-order valence-corrected chi connectivity index (χ2v) is 8.22. The van der Waals surface area contributed by atoms with Crippen LogP contribution in [0, 0.1) is 5.82 Å². The Morgan fingerprint density at radius 1 is 1.20 bits per heavy atom. The van der Waals surface area contributed by atoms with E-state index in [0.29, 0.717) is 16.9 Å². The van der Waals surface area contributed by atoms with Crippen LogP contribution in [0.4, 0.5) is 4.39 Å². The van der Waals surface area contributed by atoms with E-state index in [4.69, 9.17) is 4.74 Å². The van der Waals surface area contributed by atoms with Crippen LogP contribution in [0.3, 0.4) is 0 Å². The molecule has 0 bridgehead atoms. The van der Waals surface area contributed by atoms with Crippen LogP contribution in [0.5, 0.6) is 5.75 Å². The maximum atomic E-state index is 13.1. The third-order valence-electron chi connectivity index (χ3n) is 4.84. The molecule has 3 atom stereocenters. The lowest BCUT2D eigenvalue weighted by molar-refractivity contribution is -0.131. The molecule has 25 heavy (non-hydrogen) atoms. The minimum atomic E-state index is -3.77. The minimum absolute atomic E-state index is 0.142. The van der Waals surface area contributed by atoms with Gasteiger partial charge >= 0.3 is 0 Å². The highest BCUT2D eigenvalue weighted by Gasteiger charge is 2.60. The summed E-state index contributed by atoms with van der Waals surface area (Å²) in [5.74, 6) is -1.06. The zero-order valence-corrected chi connectivity index (χ0v) is 14.2. The number of carbonyl (C=O) groups is 1. The molecule has 2 aliphatic rings. The van der Waals surface area contributed by atoms with Crippen LogP contribution < -0.4 is 4.74 Å². The average molecular weight is 361 g/mol. The van der Waals surface area contributed by atoms with Gasteiger partial charge in [-0.25, -0.2) is 17.1 Å². The number of para-hydroxylation sites is 1. The Hall–Kier alpha value is -2.41. The number of fused-ring (bicyclic) bond motifs is 3. The number of carbonyl (C=O) groups excluding carboxylic acids is 1. The molecule has 130 valence electrons. The molecule has 0 radical (unpaired) electrons. The van der Waals surface area contributed by atoms with Gasteiger partial charge in [0.1, 0.15) is 29.5 Å². The molecule has 4 rings (SSSR count). The summed E-state index contributed by atoms with van der Waals surface area (Å²) in [6.07, 6.45) is 0. The molecule has 1 saturated heterocycles. The standard InChI is InChI=1S/C18H16FNO4S/c1-11(12-6-8-13(19)9-7-12)18(21)20-15-10-24-16-5-3-2-4-14(16)17(15)25(20,22)23/h2-9,11,15,17H,10H2,1H3/t11-,15?,17?/m0/s1. The number of ether oxygens (including phenoxy) is 1. The van der Waals surface area contributed by atoms with Crippen LogP contribution in [0.15, 0.2) is 48.5 Å². The summed E-state index contributed by atoms with van der Waals surface area (Å²) in [4.78, 5) is 12.8. The lowest BCUT2D eigenvalue weighted by Gasteiger charge is -2.49. The number of amides is 1. The predicted molar refractivity (Wildman–Crippen MR) is 89.0 cm³/mol. The van der Waals surface area contributed by atoms with Crippen molar-refractivity contribution in [2.45, 2.75) is 24.1 Å². The molecule has 2 unspecified atom stereocenters. The van der Waals surface area contributed by atoms with E-state index in [-0.39, 0.29) is 6.61 Å². The average Bonchev–Trinajstić information content (AvgIpc) is 2.60. The fraction of sp³-hybridized carbons (Fsp3) is 0.278. The fourth-order valence-corrected chi connectivity index (χ4v) is 5.62. The summed E-state index contributed by atoms with van der Waals surface area (Å²) in [5.41, 5.74) is 1.17. The maximum absolute atomic E-state index is 13.1. The Bertz CT molecular complexity index is 942. The van der Waals surface area contributed by atoms with E-state index in [2.05, 4.69) is 0 Å². The van der Waals surface area contributed by atoms with Gasteiger partial charge in [0, 0.05) is 5.56 Å². The molecule has 5 nitrogen and oxygen atoms in total. The molecule has 2 aliphatic heterocycles. The van der Waals surface area contributed by atoms with Crippen molar-refractivity contribution in [2.24, 2.45) is 0 Å². The normalized spacial score (nSPS) is 24.3. The first-order valence-electron chi connectivity index (χ1n) is 7.95. The number of hydrogen-bond donors (Lipinski definition) is 0. The summed E-state index contributed by atoms with van der Waals surface area (Å²) in [6, 6.07) is 12.0. The molecule has 1 fully saturated rings. The Morgan fingerprint density at radius 2 is 1.88 bits per heavy atom. The Morgan fingerprint density at radius 3 is 2.60 bits per heavy atom. The minimum Gasteiger partial charge on any atom is -0.491 e. The van der Waals surface area contributed by atoms with Crippen molar-refractivity contribution in [1.82, 2.24) is 4.31 Å². The monoisotopic (exact) mass is 361 g/mol. The summed E-state index contributed by atoms with van der Waals surface area (Å²) in [6.45, 7) is 1.76. The van der Waals surface area contributed by atoms with Crippen LogP contribution >= 0.6 is 0 Å². The number of benzene rings is 2. The highest BCUT2D eigenvalue weighted by atomic mass is 32.2. The smallest absolute Gasteiger partial charge is 0.247 e. The van der Waals surface area contributed by atoms with Crippen molar-refractivity contribution >= 4 is 15.9 Å². The lowest BCUT2D eigenvalue weighted by Crippen LogP contribution is -2.65. The van der Waals surface area contributed by atoms with E-state index in [0.717, 1.165) is 4.31 Å². The van der Waals surface area contributed by atoms with Crippen molar-refractivity contribution in [2.75, 3.05) is 6.61 Å². The third-order valence-corrected chi connectivity index (χ3v) is 7.05. The first-order chi connectivity index (χ1) is 11.9. The third kappa shape index (κ3) is 2.33. The molecule has 0 aromatic heterocycles. The summed E-state index contributed by atoms with van der Waals surface area (Å²) in [5, 5.41) is -0.748. The van der Waals surface area contributed by atoms with Gasteiger partial charge in [-0.05, 0) is 30.7 Å². The summed E-state index contributed by atoms with van der Waals surface area (Å²) >= 11 is 0. The van der Waals surface area contributed by atoms with E-state index >= 15 is 0 Å². The van der Waals surface area contributed by atoms with Gasteiger partial charge in [-0.3, -0.25) is 4.79 Å². The van der Waals surface area contributed by atoms with Crippen LogP contribution in [0.2, 0.25) is 0 Å². The Kier molecular flexibility index (Phi) is 3.57. The topological polar surface area (TPSA) is 63.7 Å². The largest absolute Gasteiger partial charge is 0.491 e. The van der Waals surface area contributed by atoms with Crippen LogP contribution in [0.1, 0.15) is 29.2 Å². The molecule has 2 aromatic rings. The van der Waals surface area contributed by atoms with Crippen LogP contribution in [0.25, 0.3) is 0 Å². The number of hydrogen-bond acceptors (Lipinski definition) is 4. The molecular formula is C18H16FNO4S. The Labute approximate surface area is 145 Å². The second kappa shape index (κ2) is 5.56. The molecule has 0 saturated carbocycles. The number of halogens is 1. The van der Waals surface area contributed by atoms with Crippen LogP contribution in [-0.4, -0.2) is 31.3 Å². The first kappa shape index (κ1) is 16.1. The fourth-order valence-electron chi connectivity index (χ4n) is 3.49. The van der Waals surface area contributed by atoms with Gasteiger partial charge in [-0.2, -0.15) is 0 Å². The molecule has 7 heteroatoms. The van der Waals surface area contributed by atoms with Crippen molar-refractivity contribution in [3.8, 4) is 5.75 Å². The molecule has 0 N–H and O–H groups in total. The molecule has 0 spiro atoms. The maximum Gasteiger partial charge on any atom is 0.247 e. The number of nitrogens with zero attached hydrogens (tertiary/aromatic N) is 1. The van der Waals surface area contributed by atoms with Crippen molar-refractivity contribution in [3.05, 3.63) is 65.5 Å². The molecular weight excluding hydrogens is 345 g/mol. The van der Waals surface area contributed by atoms with E-state index in [9.17, 15) is 17.6 Å².